The predicted molar refractivity (Wildman–Crippen MR) is 159 cm³/mol. The van der Waals surface area contributed by atoms with Crippen LogP contribution < -0.4 is 21.5 Å². The molecular formula is C25H31N8O10S2+. The van der Waals surface area contributed by atoms with Crippen LogP contribution in [0.25, 0.3) is 11.3 Å². The van der Waals surface area contributed by atoms with Crippen molar-refractivity contribution in [1.29, 1.82) is 0 Å². The maximum atomic E-state index is 13.2. The third-order valence-electron chi connectivity index (χ3n) is 6.47. The smallest absolute Gasteiger partial charge is 0.489 e. The van der Waals surface area contributed by atoms with Gasteiger partial charge in [-0.3, -0.25) is 9.35 Å². The number of nitrogen functional groups attached to an aromatic ring is 1. The molecule has 20 heteroatoms. The van der Waals surface area contributed by atoms with Crippen LogP contribution in [0.15, 0.2) is 47.3 Å². The zero-order valence-electron chi connectivity index (χ0n) is 23.9. The Morgan fingerprint density at radius 2 is 2.00 bits per heavy atom. The van der Waals surface area contributed by atoms with Gasteiger partial charge in [0, 0.05) is 42.3 Å². The molecule has 2 atom stereocenters. The van der Waals surface area contributed by atoms with E-state index in [1.165, 1.54) is 19.2 Å². The van der Waals surface area contributed by atoms with Gasteiger partial charge < -0.3 is 41.1 Å². The Bertz CT molecular complexity index is 1720. The molecule has 3 heterocycles. The van der Waals surface area contributed by atoms with Crippen LogP contribution in [0.4, 0.5) is 5.13 Å². The van der Waals surface area contributed by atoms with E-state index in [-0.39, 0.29) is 10.8 Å². The number of aliphatic hydroxyl groups excluding tert-OH is 1. The second-order valence-electron chi connectivity index (χ2n) is 10.1. The standard InChI is InChI=1S/C25H30N8O10S2/c1-25(2)20(22(35)33(25)43-45(38,39)40)30-21(34)19(17-12-44-24(27)29-17)31-42-18(23(36)37)11-41-15-6-4-14(5-7-15)16-10-32(13-28-16)9-3-8-26/h4-7,10,12-13,18,20H,3,8-9,11,26H2,1-2H3,(H5,27,29,30,34,36,37,38,39,40)/p+1/b31-19-/t18-,20+/m0/s1. The van der Waals surface area contributed by atoms with E-state index in [0.29, 0.717) is 17.0 Å². The molecule has 0 unspecified atom stereocenters. The maximum absolute atomic E-state index is 13.2. The van der Waals surface area contributed by atoms with Gasteiger partial charge in [0.2, 0.25) is 11.6 Å². The van der Waals surface area contributed by atoms with Crippen LogP contribution in [0, 0.1) is 0 Å². The lowest BCUT2D eigenvalue weighted by Gasteiger charge is -2.33. The SMILES string of the molecule is CC1(C)[C@H](NC(=O)/C(=N\O[C@@H](COc2ccc(-c3cn(CCCN)cn3)cc2)C(=O)O)c2csc(N)n2)C(O)=[N+]1OS(=O)(=O)O. The number of anilines is 1. The number of imidazole rings is 1. The largest absolute Gasteiger partial charge is 0.499 e. The Morgan fingerprint density at radius 1 is 1.29 bits per heavy atom. The molecule has 4 rings (SSSR count). The lowest BCUT2D eigenvalue weighted by atomic mass is 9.88. The molecule has 1 aromatic carbocycles. The highest BCUT2D eigenvalue weighted by atomic mass is 32.3. The van der Waals surface area contributed by atoms with Gasteiger partial charge in [-0.2, -0.15) is 8.42 Å². The van der Waals surface area contributed by atoms with Crippen molar-refractivity contribution in [1.82, 2.24) is 19.9 Å². The molecule has 0 bridgehead atoms. The van der Waals surface area contributed by atoms with Crippen LogP contribution in [-0.2, 0) is 35.7 Å². The molecular weight excluding hydrogens is 636 g/mol. The highest BCUT2D eigenvalue weighted by Gasteiger charge is 2.63. The predicted octanol–water partition coefficient (Wildman–Crippen LogP) is 0.171. The zero-order chi connectivity index (χ0) is 32.9. The molecule has 1 amide bonds. The number of carboxylic acids is 1. The van der Waals surface area contributed by atoms with Crippen LogP contribution >= 0.6 is 11.3 Å². The third kappa shape index (κ3) is 8.03. The maximum Gasteiger partial charge on any atom is 0.499 e. The lowest BCUT2D eigenvalue weighted by molar-refractivity contribution is -0.823. The number of carbonyl (C=O) groups is 2. The average molecular weight is 668 g/mol. The van der Waals surface area contributed by atoms with Gasteiger partial charge in [0.05, 0.1) is 12.0 Å². The monoisotopic (exact) mass is 667 g/mol. The number of carboxylic acid groups (broad SMARTS) is 1. The lowest BCUT2D eigenvalue weighted by Crippen LogP contribution is -2.71. The molecule has 0 radical (unpaired) electrons. The summed E-state index contributed by atoms with van der Waals surface area (Å²) in [5, 5.41) is 27.6. The molecule has 1 aliphatic rings. The first-order valence-corrected chi connectivity index (χ1v) is 15.4. The van der Waals surface area contributed by atoms with E-state index < -0.39 is 58.2 Å². The number of aliphatic carboxylic acids is 1. The summed E-state index contributed by atoms with van der Waals surface area (Å²) in [6.45, 7) is 3.62. The quantitative estimate of drug-likeness (QED) is 0.0546. The minimum Gasteiger partial charge on any atom is -0.489 e. The van der Waals surface area contributed by atoms with E-state index in [2.05, 4.69) is 24.7 Å². The zero-order valence-corrected chi connectivity index (χ0v) is 25.6. The molecule has 0 aliphatic carbocycles. The molecule has 1 aliphatic heterocycles. The number of aliphatic hydroxyl groups is 1. The Balaban J connectivity index is 1.45. The molecule has 242 valence electrons. The second-order valence-corrected chi connectivity index (χ2v) is 12.0. The van der Waals surface area contributed by atoms with E-state index in [9.17, 15) is 28.2 Å². The van der Waals surface area contributed by atoms with Crippen LogP contribution in [-0.4, -0.2) is 96.8 Å². The number of ether oxygens (including phenoxy) is 1. The number of nitrogens with zero attached hydrogens (tertiary/aromatic N) is 5. The molecule has 3 aromatic rings. The van der Waals surface area contributed by atoms with Gasteiger partial charge in [-0.15, -0.1) is 15.6 Å². The summed E-state index contributed by atoms with van der Waals surface area (Å²) in [6, 6.07) is 5.56. The average Bonchev–Trinajstić information content (AvgIpc) is 3.64. The van der Waals surface area contributed by atoms with Crippen LogP contribution in [0.3, 0.4) is 0 Å². The Hall–Kier alpha value is -4.79. The number of aryl methyl sites for hydroxylation is 1. The number of thiazole rings is 1. The van der Waals surface area contributed by atoms with E-state index in [1.54, 1.807) is 30.6 Å². The number of nitrogens with two attached hydrogens (primary N) is 2. The minimum atomic E-state index is -4.97. The summed E-state index contributed by atoms with van der Waals surface area (Å²) in [7, 11) is -4.97. The van der Waals surface area contributed by atoms with Crippen molar-refractivity contribution in [3.63, 3.8) is 0 Å². The molecule has 2 aromatic heterocycles. The Kier molecular flexibility index (Phi) is 9.91. The van der Waals surface area contributed by atoms with Gasteiger partial charge in [0.25, 0.3) is 12.0 Å². The van der Waals surface area contributed by atoms with Crippen molar-refractivity contribution in [2.24, 2.45) is 10.9 Å². The molecule has 18 nitrogen and oxygen atoms in total. The van der Waals surface area contributed by atoms with Crippen LogP contribution in [0.1, 0.15) is 26.0 Å². The first-order valence-electron chi connectivity index (χ1n) is 13.2. The molecule has 0 fully saturated rings. The first kappa shape index (κ1) is 33.1. The summed E-state index contributed by atoms with van der Waals surface area (Å²) in [6.07, 6.45) is 2.75. The summed E-state index contributed by atoms with van der Waals surface area (Å²) in [5.41, 5.74) is 10.9. The molecule has 8 N–H and O–H groups in total. The van der Waals surface area contributed by atoms with Crippen molar-refractivity contribution in [3.8, 4) is 17.0 Å². The highest BCUT2D eigenvalue weighted by molar-refractivity contribution is 7.80. The summed E-state index contributed by atoms with van der Waals surface area (Å²) in [5.74, 6) is -2.84. The van der Waals surface area contributed by atoms with E-state index >= 15 is 0 Å². The Morgan fingerprint density at radius 3 is 2.58 bits per heavy atom. The normalized spacial score (nSPS) is 16.9. The van der Waals surface area contributed by atoms with Crippen molar-refractivity contribution in [3.05, 3.63) is 47.9 Å². The Labute approximate surface area is 260 Å². The highest BCUT2D eigenvalue weighted by Crippen LogP contribution is 2.27. The van der Waals surface area contributed by atoms with Crippen molar-refractivity contribution >= 4 is 50.4 Å². The number of carbonyl (C=O) groups excluding carboxylic acids is 1. The fourth-order valence-electron chi connectivity index (χ4n) is 4.11. The minimum absolute atomic E-state index is 0.0659. The molecule has 45 heavy (non-hydrogen) atoms. The van der Waals surface area contributed by atoms with Gasteiger partial charge in [0.1, 0.15) is 18.1 Å². The fourth-order valence-corrected chi connectivity index (χ4v) is 5.12. The second kappa shape index (κ2) is 13.5. The number of hydroxylamine groups is 1. The van der Waals surface area contributed by atoms with E-state index in [1.807, 2.05) is 10.8 Å². The van der Waals surface area contributed by atoms with Crippen molar-refractivity contribution < 1.29 is 51.4 Å². The summed E-state index contributed by atoms with van der Waals surface area (Å²) >= 11 is 0.969. The van der Waals surface area contributed by atoms with Gasteiger partial charge in [-0.1, -0.05) is 5.16 Å². The van der Waals surface area contributed by atoms with Crippen molar-refractivity contribution in [2.45, 2.75) is 44.5 Å². The van der Waals surface area contributed by atoms with Gasteiger partial charge in [0.15, 0.2) is 10.8 Å². The number of oxime groups is 1. The van der Waals surface area contributed by atoms with Gasteiger partial charge in [-0.25, -0.2) is 14.8 Å². The van der Waals surface area contributed by atoms with Gasteiger partial charge in [-0.05, 0) is 37.2 Å². The van der Waals surface area contributed by atoms with E-state index in [4.69, 9.17) is 25.6 Å². The molecule has 0 spiro atoms. The summed E-state index contributed by atoms with van der Waals surface area (Å²) in [4.78, 5) is 38.7. The number of hydrogen-bond donors (Lipinski definition) is 6. The number of hydrogen-bond acceptors (Lipinski definition) is 13. The number of benzene rings is 1. The van der Waals surface area contributed by atoms with Crippen LogP contribution in [0.2, 0.25) is 0 Å². The molecule has 0 saturated carbocycles. The molecule has 0 saturated heterocycles. The number of nitrogens with one attached hydrogen (secondary N) is 1. The fraction of sp³-hybridized carbons (Fsp3) is 0.360. The summed E-state index contributed by atoms with van der Waals surface area (Å²) < 4.78 is 43.5. The third-order valence-corrected chi connectivity index (χ3v) is 7.48. The number of rotatable bonds is 15. The number of amides is 1. The van der Waals surface area contributed by atoms with Crippen LogP contribution in [0.5, 0.6) is 5.75 Å². The number of aromatic nitrogens is 3. The topological polar surface area (TPSA) is 267 Å². The first-order chi connectivity index (χ1) is 21.2. The van der Waals surface area contributed by atoms with Crippen molar-refractivity contribution in [2.75, 3.05) is 18.9 Å². The van der Waals surface area contributed by atoms with Gasteiger partial charge >= 0.3 is 22.3 Å². The van der Waals surface area contributed by atoms with E-state index in [0.717, 1.165) is 35.6 Å².